The number of carbonyl (C=O) groups excluding carboxylic acids is 1. The number of primary amides is 1. The fourth-order valence-corrected chi connectivity index (χ4v) is 2.57. The van der Waals surface area contributed by atoms with Gasteiger partial charge in [0.25, 0.3) is 5.91 Å². The number of aryl methyl sites for hydroxylation is 1. The molecule has 0 saturated carbocycles. The smallest absolute Gasteiger partial charge is 0.254 e. The van der Waals surface area contributed by atoms with E-state index in [1.165, 1.54) is 18.2 Å². The molecule has 5 nitrogen and oxygen atoms in total. The van der Waals surface area contributed by atoms with E-state index in [0.717, 1.165) is 18.7 Å². The van der Waals surface area contributed by atoms with Crippen molar-refractivity contribution in [1.29, 1.82) is 0 Å². The fraction of sp³-hybridized carbons (Fsp3) is 0.400. The Morgan fingerprint density at radius 1 is 1.28 bits per heavy atom. The van der Waals surface area contributed by atoms with E-state index < -0.39 is 5.91 Å². The molecule has 1 aromatic heterocycles. The van der Waals surface area contributed by atoms with Gasteiger partial charge in [0.15, 0.2) is 0 Å². The third-order valence-corrected chi connectivity index (χ3v) is 4.05. The summed E-state index contributed by atoms with van der Waals surface area (Å²) >= 11 is 0. The van der Waals surface area contributed by atoms with Crippen LogP contribution in [0.3, 0.4) is 0 Å². The van der Waals surface area contributed by atoms with Crippen LogP contribution < -0.4 is 10.5 Å². The second-order valence-corrected chi connectivity index (χ2v) is 6.86. The highest BCUT2D eigenvalue weighted by molar-refractivity contribution is 5.95. The van der Waals surface area contributed by atoms with Gasteiger partial charge in [-0.2, -0.15) is 0 Å². The first-order chi connectivity index (χ1) is 11.9. The van der Waals surface area contributed by atoms with Gasteiger partial charge in [0.05, 0.1) is 0 Å². The van der Waals surface area contributed by atoms with Gasteiger partial charge in [0.1, 0.15) is 17.1 Å². The number of aromatic nitrogens is 1. The zero-order valence-corrected chi connectivity index (χ0v) is 15.5. The van der Waals surface area contributed by atoms with Crippen LogP contribution in [0.25, 0.3) is 0 Å². The molecule has 0 aliphatic rings. The molecule has 0 saturated heterocycles. The number of nitrogens with two attached hydrogens (primary N) is 1. The van der Waals surface area contributed by atoms with Crippen molar-refractivity contribution in [3.8, 4) is 11.5 Å². The van der Waals surface area contributed by atoms with Gasteiger partial charge < -0.3 is 15.4 Å². The Balaban J connectivity index is 2.08. The maximum absolute atomic E-state index is 11.5. The van der Waals surface area contributed by atoms with Gasteiger partial charge in [0, 0.05) is 18.9 Å². The number of benzene rings is 1. The van der Waals surface area contributed by atoms with Crippen molar-refractivity contribution in [3.63, 3.8) is 0 Å². The highest BCUT2D eigenvalue weighted by atomic mass is 16.5. The quantitative estimate of drug-likeness (QED) is 0.794. The zero-order valence-electron chi connectivity index (χ0n) is 15.5. The van der Waals surface area contributed by atoms with Crippen LogP contribution >= 0.6 is 0 Å². The maximum Gasteiger partial charge on any atom is 0.254 e. The standard InChI is InChI=1S/C20H27N3O2/c1-14(2)8-10-23(4)13-16-5-6-18(15(3)11-16)25-19-7-9-22-12-17(19)20(21)24/h5-7,9,11-12,14H,8,10,13H2,1-4H3,(H2,21,24). The zero-order chi connectivity index (χ0) is 18.4. The molecular formula is C20H27N3O2. The van der Waals surface area contributed by atoms with E-state index in [-0.39, 0.29) is 5.56 Å². The molecule has 134 valence electrons. The molecule has 25 heavy (non-hydrogen) atoms. The Kier molecular flexibility index (Phi) is 6.53. The molecule has 0 bridgehead atoms. The Hall–Kier alpha value is -2.40. The molecule has 1 aromatic carbocycles. The lowest BCUT2D eigenvalue weighted by atomic mass is 10.1. The van der Waals surface area contributed by atoms with E-state index in [1.807, 2.05) is 13.0 Å². The summed E-state index contributed by atoms with van der Waals surface area (Å²) < 4.78 is 5.89. The second-order valence-electron chi connectivity index (χ2n) is 6.86. The lowest BCUT2D eigenvalue weighted by Crippen LogP contribution is -2.20. The summed E-state index contributed by atoms with van der Waals surface area (Å²) in [5.74, 6) is 1.29. The molecule has 2 rings (SSSR count). The van der Waals surface area contributed by atoms with Crippen molar-refractivity contribution < 1.29 is 9.53 Å². The van der Waals surface area contributed by atoms with E-state index in [4.69, 9.17) is 10.5 Å². The van der Waals surface area contributed by atoms with Crippen molar-refractivity contribution >= 4 is 5.91 Å². The van der Waals surface area contributed by atoms with Crippen LogP contribution in [0.5, 0.6) is 11.5 Å². The SMILES string of the molecule is Cc1cc(CN(C)CCC(C)C)ccc1Oc1ccncc1C(N)=O. The summed E-state index contributed by atoms with van der Waals surface area (Å²) in [5.41, 5.74) is 7.90. The van der Waals surface area contributed by atoms with Gasteiger partial charge >= 0.3 is 0 Å². The predicted octanol–water partition coefficient (Wildman–Crippen LogP) is 3.76. The molecule has 0 radical (unpaired) electrons. The van der Waals surface area contributed by atoms with E-state index in [1.54, 1.807) is 12.3 Å². The monoisotopic (exact) mass is 341 g/mol. The first-order valence-corrected chi connectivity index (χ1v) is 8.56. The molecule has 1 amide bonds. The first-order valence-electron chi connectivity index (χ1n) is 8.56. The molecule has 2 aromatic rings. The Bertz CT molecular complexity index is 729. The number of rotatable bonds is 8. The van der Waals surface area contributed by atoms with Crippen molar-refractivity contribution in [1.82, 2.24) is 9.88 Å². The van der Waals surface area contributed by atoms with Crippen LogP contribution in [0, 0.1) is 12.8 Å². The van der Waals surface area contributed by atoms with Crippen LogP contribution in [0.15, 0.2) is 36.7 Å². The molecule has 5 heteroatoms. The summed E-state index contributed by atoms with van der Waals surface area (Å²) in [4.78, 5) is 17.7. The van der Waals surface area contributed by atoms with Crippen LogP contribution in [0.1, 0.15) is 41.8 Å². The van der Waals surface area contributed by atoms with Crippen molar-refractivity contribution in [2.24, 2.45) is 11.7 Å². The normalized spacial score (nSPS) is 11.1. The fourth-order valence-electron chi connectivity index (χ4n) is 2.57. The first kappa shape index (κ1) is 18.9. The molecule has 0 fully saturated rings. The molecular weight excluding hydrogens is 314 g/mol. The molecule has 2 N–H and O–H groups in total. The number of nitrogens with zero attached hydrogens (tertiary/aromatic N) is 2. The molecule has 0 spiro atoms. The third kappa shape index (κ3) is 5.57. The van der Waals surface area contributed by atoms with Crippen molar-refractivity contribution in [3.05, 3.63) is 53.3 Å². The summed E-state index contributed by atoms with van der Waals surface area (Å²) in [5, 5.41) is 0. The molecule has 1 heterocycles. The van der Waals surface area contributed by atoms with Gasteiger partial charge in [-0.15, -0.1) is 0 Å². The van der Waals surface area contributed by atoms with Gasteiger partial charge in [-0.3, -0.25) is 9.78 Å². The Morgan fingerprint density at radius 2 is 2.04 bits per heavy atom. The Morgan fingerprint density at radius 3 is 2.68 bits per heavy atom. The minimum Gasteiger partial charge on any atom is -0.456 e. The Labute approximate surface area is 149 Å². The summed E-state index contributed by atoms with van der Waals surface area (Å²) in [6.07, 6.45) is 4.19. The van der Waals surface area contributed by atoms with E-state index in [2.05, 4.69) is 42.9 Å². The van der Waals surface area contributed by atoms with Gasteiger partial charge in [0.2, 0.25) is 0 Å². The topological polar surface area (TPSA) is 68.4 Å². The molecule has 0 aliphatic carbocycles. The number of ether oxygens (including phenoxy) is 1. The number of hydrogen-bond donors (Lipinski definition) is 1. The highest BCUT2D eigenvalue weighted by Crippen LogP contribution is 2.28. The average molecular weight is 341 g/mol. The van der Waals surface area contributed by atoms with Crippen molar-refractivity contribution in [2.45, 2.75) is 33.7 Å². The van der Waals surface area contributed by atoms with Gasteiger partial charge in [-0.05, 0) is 56.1 Å². The molecule has 0 unspecified atom stereocenters. The predicted molar refractivity (Wildman–Crippen MR) is 99.8 cm³/mol. The maximum atomic E-state index is 11.5. The van der Waals surface area contributed by atoms with Crippen LogP contribution in [0.4, 0.5) is 0 Å². The summed E-state index contributed by atoms with van der Waals surface area (Å²) in [6, 6.07) is 7.75. The lowest BCUT2D eigenvalue weighted by Gasteiger charge is -2.19. The number of hydrogen-bond acceptors (Lipinski definition) is 4. The summed E-state index contributed by atoms with van der Waals surface area (Å²) in [6.45, 7) is 8.45. The van der Waals surface area contributed by atoms with Gasteiger partial charge in [-0.25, -0.2) is 0 Å². The molecule has 0 aliphatic heterocycles. The number of pyridine rings is 1. The lowest BCUT2D eigenvalue weighted by molar-refractivity contribution is 0.0997. The van der Waals surface area contributed by atoms with Crippen LogP contribution in [-0.2, 0) is 6.54 Å². The third-order valence-electron chi connectivity index (χ3n) is 4.05. The van der Waals surface area contributed by atoms with Gasteiger partial charge in [-0.1, -0.05) is 26.0 Å². The van der Waals surface area contributed by atoms with Crippen LogP contribution in [0.2, 0.25) is 0 Å². The average Bonchev–Trinajstić information content (AvgIpc) is 2.56. The summed E-state index contributed by atoms with van der Waals surface area (Å²) in [7, 11) is 2.14. The van der Waals surface area contributed by atoms with E-state index >= 15 is 0 Å². The number of amides is 1. The molecule has 0 atom stereocenters. The minimum atomic E-state index is -0.552. The van der Waals surface area contributed by atoms with E-state index in [9.17, 15) is 4.79 Å². The van der Waals surface area contributed by atoms with E-state index in [0.29, 0.717) is 17.4 Å². The van der Waals surface area contributed by atoms with Crippen LogP contribution in [-0.4, -0.2) is 29.4 Å². The second kappa shape index (κ2) is 8.62. The largest absolute Gasteiger partial charge is 0.456 e. The minimum absolute atomic E-state index is 0.277. The highest BCUT2D eigenvalue weighted by Gasteiger charge is 2.12. The number of carbonyl (C=O) groups is 1. The van der Waals surface area contributed by atoms with Crippen molar-refractivity contribution in [2.75, 3.05) is 13.6 Å².